The Kier molecular flexibility index (Phi) is 3.49. The lowest BCUT2D eigenvalue weighted by atomic mass is 10.3. The fourth-order valence-corrected chi connectivity index (χ4v) is 1.84. The molecule has 0 aliphatic heterocycles. The third-order valence-corrected chi connectivity index (χ3v) is 3.13. The van der Waals surface area contributed by atoms with E-state index in [9.17, 15) is 0 Å². The molecule has 0 aliphatic rings. The fraction of sp³-hybridized carbons (Fsp3) is 0.0909. The molecule has 0 atom stereocenters. The van der Waals surface area contributed by atoms with Crippen LogP contribution in [-0.2, 0) is 0 Å². The molecule has 4 nitrogen and oxygen atoms in total. The van der Waals surface area contributed by atoms with Crippen LogP contribution in [0.5, 0.6) is 0 Å². The lowest BCUT2D eigenvalue weighted by Crippen LogP contribution is -2.02. The topological polar surface area (TPSA) is 63.8 Å². The minimum atomic E-state index is 0.452. The third kappa shape index (κ3) is 2.68. The van der Waals surface area contributed by atoms with Crippen molar-refractivity contribution in [3.63, 3.8) is 0 Å². The summed E-state index contributed by atoms with van der Waals surface area (Å²) < 4.78 is 0.934. The Morgan fingerprint density at radius 3 is 2.88 bits per heavy atom. The molecule has 1 aromatic heterocycles. The number of rotatable bonds is 2. The zero-order valence-corrected chi connectivity index (χ0v) is 11.4. The van der Waals surface area contributed by atoms with Crippen LogP contribution in [0.3, 0.4) is 0 Å². The highest BCUT2D eigenvalue weighted by Crippen LogP contribution is 2.29. The first-order chi connectivity index (χ1) is 8.08. The van der Waals surface area contributed by atoms with Crippen LogP contribution in [0.2, 0.25) is 5.02 Å². The van der Waals surface area contributed by atoms with E-state index >= 15 is 0 Å². The number of aromatic nitrogens is 2. The molecule has 0 bridgehead atoms. The van der Waals surface area contributed by atoms with E-state index in [0.717, 1.165) is 15.7 Å². The number of nitrogens with two attached hydrogens (primary N) is 1. The number of hydrogen-bond acceptors (Lipinski definition) is 4. The minimum absolute atomic E-state index is 0.452. The van der Waals surface area contributed by atoms with Crippen LogP contribution in [0.1, 0.15) is 5.56 Å². The van der Waals surface area contributed by atoms with Gasteiger partial charge in [-0.05, 0) is 25.1 Å². The van der Waals surface area contributed by atoms with Gasteiger partial charge in [0.25, 0.3) is 0 Å². The molecule has 88 valence electrons. The van der Waals surface area contributed by atoms with E-state index in [1.165, 1.54) is 6.33 Å². The summed E-state index contributed by atoms with van der Waals surface area (Å²) in [5.74, 6) is 1.10. The van der Waals surface area contributed by atoms with Gasteiger partial charge in [0.2, 0.25) is 0 Å². The van der Waals surface area contributed by atoms with Gasteiger partial charge in [-0.2, -0.15) is 0 Å². The molecule has 0 spiro atoms. The van der Waals surface area contributed by atoms with Gasteiger partial charge in [0.15, 0.2) is 0 Å². The lowest BCUT2D eigenvalue weighted by molar-refractivity contribution is 1.14. The average molecular weight is 314 g/mol. The van der Waals surface area contributed by atoms with E-state index in [1.807, 2.05) is 19.1 Å². The maximum atomic E-state index is 6.08. The summed E-state index contributed by atoms with van der Waals surface area (Å²) in [5.41, 5.74) is 7.27. The van der Waals surface area contributed by atoms with Crippen LogP contribution in [0, 0.1) is 6.92 Å². The molecule has 1 heterocycles. The Morgan fingerprint density at radius 1 is 1.35 bits per heavy atom. The zero-order chi connectivity index (χ0) is 12.4. The SMILES string of the molecule is Cc1c(N)ncnc1Nc1cc(Br)ccc1Cl. The standard InChI is InChI=1S/C11H10BrClN4/c1-6-10(14)15-5-16-11(6)17-9-4-7(12)2-3-8(9)13/h2-5H,1H3,(H3,14,15,16,17). The second kappa shape index (κ2) is 4.89. The van der Waals surface area contributed by atoms with E-state index in [4.69, 9.17) is 17.3 Å². The lowest BCUT2D eigenvalue weighted by Gasteiger charge is -2.10. The van der Waals surface area contributed by atoms with Crippen LogP contribution < -0.4 is 11.1 Å². The molecular weight excluding hydrogens is 304 g/mol. The highest BCUT2D eigenvalue weighted by molar-refractivity contribution is 9.10. The largest absolute Gasteiger partial charge is 0.383 e. The van der Waals surface area contributed by atoms with Crippen molar-refractivity contribution < 1.29 is 0 Å². The number of nitrogen functional groups attached to an aromatic ring is 1. The van der Waals surface area contributed by atoms with Crippen LogP contribution >= 0.6 is 27.5 Å². The number of hydrogen-bond donors (Lipinski definition) is 2. The second-order valence-corrected chi connectivity index (χ2v) is 4.80. The minimum Gasteiger partial charge on any atom is -0.383 e. The molecule has 3 N–H and O–H groups in total. The first-order valence-corrected chi connectivity index (χ1v) is 6.04. The molecule has 0 saturated heterocycles. The zero-order valence-electron chi connectivity index (χ0n) is 9.04. The van der Waals surface area contributed by atoms with Gasteiger partial charge in [-0.15, -0.1) is 0 Å². The Balaban J connectivity index is 2.38. The van der Waals surface area contributed by atoms with Crippen molar-refractivity contribution in [3.05, 3.63) is 39.6 Å². The van der Waals surface area contributed by atoms with Crippen molar-refractivity contribution in [1.82, 2.24) is 9.97 Å². The van der Waals surface area contributed by atoms with Gasteiger partial charge in [-0.3, -0.25) is 0 Å². The molecule has 1 aromatic carbocycles. The van der Waals surface area contributed by atoms with Crippen molar-refractivity contribution in [1.29, 1.82) is 0 Å². The summed E-state index contributed by atoms with van der Waals surface area (Å²) in [6.45, 7) is 1.85. The molecule has 17 heavy (non-hydrogen) atoms. The van der Waals surface area contributed by atoms with Crippen LogP contribution in [0.25, 0.3) is 0 Å². The smallest absolute Gasteiger partial charge is 0.138 e. The highest BCUT2D eigenvalue weighted by atomic mass is 79.9. The normalized spacial score (nSPS) is 10.3. The summed E-state index contributed by atoms with van der Waals surface area (Å²) in [6, 6.07) is 5.54. The first kappa shape index (κ1) is 12.1. The molecule has 0 radical (unpaired) electrons. The number of nitrogens with one attached hydrogen (secondary N) is 1. The van der Waals surface area contributed by atoms with Crippen molar-refractivity contribution in [2.24, 2.45) is 0 Å². The maximum Gasteiger partial charge on any atom is 0.138 e. The number of nitrogens with zero attached hydrogens (tertiary/aromatic N) is 2. The molecule has 0 unspecified atom stereocenters. The first-order valence-electron chi connectivity index (χ1n) is 4.87. The molecule has 2 aromatic rings. The Labute approximate surface area is 112 Å². The van der Waals surface area contributed by atoms with Crippen molar-refractivity contribution >= 4 is 44.9 Å². The molecular formula is C11H10BrClN4. The Bertz CT molecular complexity index is 559. The fourth-order valence-electron chi connectivity index (χ4n) is 1.31. The molecule has 0 aliphatic carbocycles. The van der Waals surface area contributed by atoms with E-state index in [1.54, 1.807) is 6.07 Å². The average Bonchev–Trinajstić information content (AvgIpc) is 2.30. The number of halogens is 2. The monoisotopic (exact) mass is 312 g/mol. The van der Waals surface area contributed by atoms with Crippen LogP contribution in [0.4, 0.5) is 17.3 Å². The van der Waals surface area contributed by atoms with E-state index in [2.05, 4.69) is 31.2 Å². The van der Waals surface area contributed by atoms with E-state index in [0.29, 0.717) is 16.7 Å². The molecule has 6 heteroatoms. The van der Waals surface area contributed by atoms with Crippen molar-refractivity contribution in [2.45, 2.75) is 6.92 Å². The van der Waals surface area contributed by atoms with Crippen molar-refractivity contribution in [2.75, 3.05) is 11.1 Å². The molecule has 0 fully saturated rings. The maximum absolute atomic E-state index is 6.08. The van der Waals surface area contributed by atoms with Crippen LogP contribution in [0.15, 0.2) is 29.0 Å². The summed E-state index contributed by atoms with van der Waals surface area (Å²) >= 11 is 9.47. The number of anilines is 3. The molecule has 2 rings (SSSR count). The van der Waals surface area contributed by atoms with Crippen molar-refractivity contribution in [3.8, 4) is 0 Å². The Hall–Kier alpha value is -1.33. The quantitative estimate of drug-likeness (QED) is 0.890. The van der Waals surface area contributed by atoms with Gasteiger partial charge in [0, 0.05) is 10.0 Å². The highest BCUT2D eigenvalue weighted by Gasteiger charge is 2.07. The third-order valence-electron chi connectivity index (χ3n) is 2.30. The van der Waals surface area contributed by atoms with Gasteiger partial charge >= 0.3 is 0 Å². The predicted octanol–water partition coefficient (Wildman–Crippen LogP) is 3.53. The second-order valence-electron chi connectivity index (χ2n) is 3.48. The van der Waals surface area contributed by atoms with Gasteiger partial charge in [0.05, 0.1) is 10.7 Å². The van der Waals surface area contributed by atoms with Gasteiger partial charge in [0.1, 0.15) is 18.0 Å². The number of benzene rings is 1. The van der Waals surface area contributed by atoms with Gasteiger partial charge in [-0.1, -0.05) is 27.5 Å². The van der Waals surface area contributed by atoms with E-state index in [-0.39, 0.29) is 0 Å². The summed E-state index contributed by atoms with van der Waals surface area (Å²) in [5, 5.41) is 3.74. The van der Waals surface area contributed by atoms with Gasteiger partial charge < -0.3 is 11.1 Å². The predicted molar refractivity (Wildman–Crippen MR) is 73.6 cm³/mol. The molecule has 0 saturated carbocycles. The summed E-state index contributed by atoms with van der Waals surface area (Å²) in [6.07, 6.45) is 1.41. The summed E-state index contributed by atoms with van der Waals surface area (Å²) in [4.78, 5) is 8.03. The van der Waals surface area contributed by atoms with E-state index < -0.39 is 0 Å². The molecule has 0 amide bonds. The van der Waals surface area contributed by atoms with Crippen LogP contribution in [-0.4, -0.2) is 9.97 Å². The van der Waals surface area contributed by atoms with Gasteiger partial charge in [-0.25, -0.2) is 9.97 Å². The summed E-state index contributed by atoms with van der Waals surface area (Å²) in [7, 11) is 0. The Morgan fingerprint density at radius 2 is 2.12 bits per heavy atom.